The van der Waals surface area contributed by atoms with Crippen molar-refractivity contribution < 1.29 is 0 Å². The molecule has 0 N–H and O–H groups in total. The Bertz CT molecular complexity index is 3160. The number of rotatable bonds is 5. The summed E-state index contributed by atoms with van der Waals surface area (Å²) in [6.07, 6.45) is 0. The summed E-state index contributed by atoms with van der Waals surface area (Å²) >= 11 is 0. The van der Waals surface area contributed by atoms with Crippen LogP contribution in [0, 0.1) is 22.7 Å². The van der Waals surface area contributed by atoms with E-state index in [0.717, 1.165) is 61.0 Å². The number of hydrogen-bond donors (Lipinski definition) is 0. The van der Waals surface area contributed by atoms with Crippen molar-refractivity contribution in [2.75, 3.05) is 0 Å². The van der Waals surface area contributed by atoms with Gasteiger partial charge in [-0.05, 0) is 106 Å². The van der Waals surface area contributed by atoms with Gasteiger partial charge < -0.3 is 9.13 Å². The summed E-state index contributed by atoms with van der Waals surface area (Å²) in [5.74, 6) is 0. The molecule has 0 unspecified atom stereocenters. The molecule has 10 aromatic rings. The first-order chi connectivity index (χ1) is 26.7. The molecule has 0 saturated heterocycles. The molecule has 4 nitrogen and oxygen atoms in total. The maximum atomic E-state index is 9.89. The summed E-state index contributed by atoms with van der Waals surface area (Å²) < 4.78 is 4.57. The molecule has 0 aliphatic carbocycles. The smallest absolute Gasteiger partial charge is 0.101 e. The summed E-state index contributed by atoms with van der Waals surface area (Å²) in [7, 11) is 0. The van der Waals surface area contributed by atoms with Gasteiger partial charge in [-0.3, -0.25) is 0 Å². The van der Waals surface area contributed by atoms with Crippen molar-refractivity contribution in [1.29, 1.82) is 10.5 Å². The maximum Gasteiger partial charge on any atom is 0.101 e. The van der Waals surface area contributed by atoms with Crippen LogP contribution in [0.25, 0.3) is 88.4 Å². The van der Waals surface area contributed by atoms with Crippen LogP contribution in [0.15, 0.2) is 182 Å². The second-order valence-electron chi connectivity index (χ2n) is 13.6. The van der Waals surface area contributed by atoms with Crippen LogP contribution >= 0.6 is 0 Å². The van der Waals surface area contributed by atoms with Gasteiger partial charge in [-0.1, -0.05) is 109 Å². The van der Waals surface area contributed by atoms with Gasteiger partial charge in [0.25, 0.3) is 0 Å². The minimum Gasteiger partial charge on any atom is -0.309 e. The molecule has 0 saturated carbocycles. The maximum absolute atomic E-state index is 9.89. The topological polar surface area (TPSA) is 57.4 Å². The third-order valence-electron chi connectivity index (χ3n) is 10.6. The fourth-order valence-corrected chi connectivity index (χ4v) is 8.02. The minimum absolute atomic E-state index is 0.362. The van der Waals surface area contributed by atoms with Crippen LogP contribution < -0.4 is 0 Å². The van der Waals surface area contributed by atoms with Gasteiger partial charge in [0.2, 0.25) is 0 Å². The van der Waals surface area contributed by atoms with Gasteiger partial charge in [0.05, 0.1) is 33.2 Å². The lowest BCUT2D eigenvalue weighted by atomic mass is 9.99. The molecule has 0 atom stereocenters. The van der Waals surface area contributed by atoms with E-state index in [1.807, 2.05) is 18.2 Å². The van der Waals surface area contributed by atoms with Crippen LogP contribution in [0.4, 0.5) is 0 Å². The van der Waals surface area contributed by atoms with Crippen molar-refractivity contribution in [2.24, 2.45) is 0 Å². The molecule has 0 fully saturated rings. The van der Waals surface area contributed by atoms with E-state index in [1.54, 1.807) is 6.07 Å². The van der Waals surface area contributed by atoms with Gasteiger partial charge in [-0.15, -0.1) is 0 Å². The summed E-state index contributed by atoms with van der Waals surface area (Å²) in [5.41, 5.74) is 14.0. The molecule has 0 bridgehead atoms. The van der Waals surface area contributed by atoms with Crippen molar-refractivity contribution in [1.82, 2.24) is 9.13 Å². The second kappa shape index (κ2) is 12.5. The fourth-order valence-electron chi connectivity index (χ4n) is 8.02. The lowest BCUT2D eigenvalue weighted by Gasteiger charge is -2.10. The summed E-state index contributed by atoms with van der Waals surface area (Å²) in [6.45, 7) is 0. The minimum atomic E-state index is 0.362. The third kappa shape index (κ3) is 4.98. The van der Waals surface area contributed by atoms with E-state index in [1.165, 1.54) is 27.4 Å². The molecule has 10 rings (SSSR count). The lowest BCUT2D eigenvalue weighted by Crippen LogP contribution is -1.96. The molecule has 250 valence electrons. The van der Waals surface area contributed by atoms with E-state index < -0.39 is 0 Å². The Morgan fingerprint density at radius 2 is 0.741 bits per heavy atom. The zero-order valence-electron chi connectivity index (χ0n) is 29.1. The number of nitriles is 2. The van der Waals surface area contributed by atoms with Gasteiger partial charge in [0.1, 0.15) is 12.1 Å². The van der Waals surface area contributed by atoms with Crippen LogP contribution in [-0.4, -0.2) is 9.13 Å². The Labute approximate surface area is 312 Å². The lowest BCUT2D eigenvalue weighted by molar-refractivity contribution is 1.17. The Kier molecular flexibility index (Phi) is 7.22. The summed E-state index contributed by atoms with van der Waals surface area (Å²) in [5, 5.41) is 24.2. The van der Waals surface area contributed by atoms with E-state index >= 15 is 0 Å². The Balaban J connectivity index is 1.20. The zero-order valence-corrected chi connectivity index (χ0v) is 29.1. The number of para-hydroxylation sites is 1. The van der Waals surface area contributed by atoms with Crippen molar-refractivity contribution in [2.45, 2.75) is 0 Å². The van der Waals surface area contributed by atoms with Crippen molar-refractivity contribution >= 4 is 43.6 Å². The van der Waals surface area contributed by atoms with E-state index in [4.69, 9.17) is 0 Å². The SMILES string of the molecule is N#Cc1ccc(-n2c3ccc(-c4ccccc4)cc3c3cc(-c4ccc5c6cc(-c7ccccc7)ccc6n(-c6ccccc6)c5c4)ccc32)cc1C#N. The molecule has 0 spiro atoms. The molecule has 0 aliphatic rings. The predicted molar refractivity (Wildman–Crippen MR) is 221 cm³/mol. The van der Waals surface area contributed by atoms with Gasteiger partial charge in [0, 0.05) is 32.9 Å². The first-order valence-corrected chi connectivity index (χ1v) is 18.0. The van der Waals surface area contributed by atoms with Gasteiger partial charge in [0.15, 0.2) is 0 Å². The molecule has 0 amide bonds. The highest BCUT2D eigenvalue weighted by molar-refractivity contribution is 6.13. The number of hydrogen-bond acceptors (Lipinski definition) is 2. The largest absolute Gasteiger partial charge is 0.309 e. The normalized spacial score (nSPS) is 11.3. The molecule has 0 radical (unpaired) electrons. The van der Waals surface area contributed by atoms with E-state index in [0.29, 0.717) is 11.1 Å². The number of benzene rings is 8. The van der Waals surface area contributed by atoms with E-state index in [-0.39, 0.29) is 0 Å². The van der Waals surface area contributed by atoms with Crippen LogP contribution in [0.1, 0.15) is 11.1 Å². The highest BCUT2D eigenvalue weighted by Gasteiger charge is 2.18. The number of fused-ring (bicyclic) bond motifs is 6. The van der Waals surface area contributed by atoms with Crippen molar-refractivity contribution in [3.8, 4) is 56.9 Å². The average Bonchev–Trinajstić information content (AvgIpc) is 3.75. The summed E-state index contributed by atoms with van der Waals surface area (Å²) in [4.78, 5) is 0. The third-order valence-corrected chi connectivity index (χ3v) is 10.6. The molecule has 2 aromatic heterocycles. The highest BCUT2D eigenvalue weighted by atomic mass is 15.0. The van der Waals surface area contributed by atoms with Crippen LogP contribution in [0.2, 0.25) is 0 Å². The zero-order chi connectivity index (χ0) is 36.2. The quantitative estimate of drug-likeness (QED) is 0.181. The van der Waals surface area contributed by atoms with Gasteiger partial charge in [-0.2, -0.15) is 10.5 Å². The Morgan fingerprint density at radius 1 is 0.296 bits per heavy atom. The van der Waals surface area contributed by atoms with Gasteiger partial charge >= 0.3 is 0 Å². The molecule has 0 aliphatic heterocycles. The Hall–Kier alpha value is -7.66. The number of nitrogens with zero attached hydrogens (tertiary/aromatic N) is 4. The van der Waals surface area contributed by atoms with Crippen LogP contribution in [-0.2, 0) is 0 Å². The molecule has 54 heavy (non-hydrogen) atoms. The number of aromatic nitrogens is 2. The van der Waals surface area contributed by atoms with Crippen molar-refractivity contribution in [3.05, 3.63) is 193 Å². The van der Waals surface area contributed by atoms with Crippen LogP contribution in [0.5, 0.6) is 0 Å². The molecular formula is C50H30N4. The van der Waals surface area contributed by atoms with E-state index in [2.05, 4.69) is 179 Å². The van der Waals surface area contributed by atoms with E-state index in [9.17, 15) is 10.5 Å². The monoisotopic (exact) mass is 686 g/mol. The molecular weight excluding hydrogens is 657 g/mol. The second-order valence-corrected chi connectivity index (χ2v) is 13.6. The first-order valence-electron chi connectivity index (χ1n) is 18.0. The Morgan fingerprint density at radius 3 is 1.28 bits per heavy atom. The summed E-state index contributed by atoms with van der Waals surface area (Å²) in [6, 6.07) is 68.3. The first kappa shape index (κ1) is 31.1. The van der Waals surface area contributed by atoms with Gasteiger partial charge in [-0.25, -0.2) is 0 Å². The molecule has 2 heterocycles. The average molecular weight is 687 g/mol. The predicted octanol–water partition coefficient (Wildman–Crippen LogP) is 12.6. The standard InChI is InChI=1S/C50H30N4/c51-31-39-16-21-42(26-40(39)32-52)54-48-24-19-36(34-12-6-2-7-13-34)28-45(48)46-29-37(20-25-49(46)54)38-17-22-43-44-27-35(33-10-4-1-5-11-33)18-23-47(44)53(50(43)30-38)41-14-8-3-9-15-41/h1-30H. The fraction of sp³-hybridized carbons (Fsp3) is 0. The van der Waals surface area contributed by atoms with Crippen molar-refractivity contribution in [3.63, 3.8) is 0 Å². The molecule has 4 heteroatoms. The molecule has 8 aromatic carbocycles. The highest BCUT2D eigenvalue weighted by Crippen LogP contribution is 2.40. The van der Waals surface area contributed by atoms with Crippen LogP contribution in [0.3, 0.4) is 0 Å².